The lowest BCUT2D eigenvalue weighted by atomic mass is 9.63. The molecule has 1 saturated heterocycles. The number of hydrogen-bond acceptors (Lipinski definition) is 4. The molecule has 2 amide bonds. The van der Waals surface area contributed by atoms with E-state index in [0.717, 1.165) is 6.42 Å². The van der Waals surface area contributed by atoms with Crippen molar-refractivity contribution in [1.29, 1.82) is 0 Å². The predicted octanol–water partition coefficient (Wildman–Crippen LogP) is 5.12. The van der Waals surface area contributed by atoms with Crippen molar-refractivity contribution in [1.82, 2.24) is 10.2 Å². The average Bonchev–Trinajstić information content (AvgIpc) is 3.29. The molecule has 34 heavy (non-hydrogen) atoms. The number of likely N-dealkylation sites (tertiary alicyclic amines) is 1. The van der Waals surface area contributed by atoms with Crippen molar-refractivity contribution >= 4 is 17.5 Å². The number of benzene rings is 1. The van der Waals surface area contributed by atoms with Crippen LogP contribution in [-0.2, 0) is 9.59 Å². The third kappa shape index (κ3) is 4.68. The second kappa shape index (κ2) is 9.76. The van der Waals surface area contributed by atoms with Gasteiger partial charge in [-0.25, -0.2) is 8.78 Å². The van der Waals surface area contributed by atoms with E-state index in [1.54, 1.807) is 6.08 Å². The van der Waals surface area contributed by atoms with Gasteiger partial charge in [-0.15, -0.1) is 0 Å². The zero-order chi connectivity index (χ0) is 25.3. The zero-order valence-electron chi connectivity index (χ0n) is 20.6. The first-order valence-corrected chi connectivity index (χ1v) is 11.6. The van der Waals surface area contributed by atoms with Gasteiger partial charge in [-0.05, 0) is 54.4 Å². The van der Waals surface area contributed by atoms with Crippen LogP contribution in [0.2, 0.25) is 0 Å². The van der Waals surface area contributed by atoms with Crippen LogP contribution in [0.1, 0.15) is 52.5 Å². The molecule has 1 N–H and O–H groups in total. The van der Waals surface area contributed by atoms with Crippen LogP contribution in [0.3, 0.4) is 0 Å². The Bertz CT molecular complexity index is 1030. The number of halogens is 2. The second-order valence-electron chi connectivity index (χ2n) is 10.1. The van der Waals surface area contributed by atoms with Gasteiger partial charge >= 0.3 is 0 Å². The van der Waals surface area contributed by atoms with Gasteiger partial charge in [0.1, 0.15) is 11.6 Å². The first-order chi connectivity index (χ1) is 15.9. The minimum absolute atomic E-state index is 0.0270. The molecule has 1 aliphatic carbocycles. The van der Waals surface area contributed by atoms with Gasteiger partial charge < -0.3 is 10.2 Å². The quantitative estimate of drug-likeness (QED) is 0.461. The molecule has 1 heterocycles. The molecule has 3 rings (SSSR count). The SMILES string of the molecule is C=C(/C=C(\N=NC)c1c(F)cccc1F)[C@H]1CC[C@](C)(C(=O)N2CC[C@H](NC(C)=O)C2)C1(C)C. The molecule has 1 aromatic carbocycles. The number of nitrogens with one attached hydrogen (secondary N) is 1. The third-order valence-corrected chi connectivity index (χ3v) is 7.78. The summed E-state index contributed by atoms with van der Waals surface area (Å²) in [6, 6.07) is 3.63. The number of rotatable bonds is 6. The zero-order valence-corrected chi connectivity index (χ0v) is 20.6. The van der Waals surface area contributed by atoms with Gasteiger partial charge in [-0.2, -0.15) is 10.2 Å². The molecule has 0 radical (unpaired) electrons. The van der Waals surface area contributed by atoms with Gasteiger partial charge in [0.15, 0.2) is 0 Å². The topological polar surface area (TPSA) is 74.1 Å². The van der Waals surface area contributed by atoms with Crippen molar-refractivity contribution in [2.45, 2.75) is 53.0 Å². The minimum Gasteiger partial charge on any atom is -0.352 e. The summed E-state index contributed by atoms with van der Waals surface area (Å²) in [5.74, 6) is -1.56. The molecule has 8 heteroatoms. The van der Waals surface area contributed by atoms with E-state index in [1.807, 2.05) is 25.7 Å². The van der Waals surface area contributed by atoms with E-state index in [0.29, 0.717) is 31.5 Å². The van der Waals surface area contributed by atoms with E-state index in [2.05, 4.69) is 22.1 Å². The standard InChI is InChI=1S/C26H34F2N4O2/c1-16(14-22(31-29-6)23-20(27)8-7-9-21(23)28)19-10-12-26(5,25(19,3)4)24(34)32-13-11-18(15-32)30-17(2)33/h7-9,14,18-19H,1,10-13,15H2,2-6H3,(H,30,33)/b22-14-,31-29?/t18-,19+,26+/m0/s1. The van der Waals surface area contributed by atoms with Crippen molar-refractivity contribution < 1.29 is 18.4 Å². The molecule has 3 atom stereocenters. The van der Waals surface area contributed by atoms with Crippen LogP contribution in [0.5, 0.6) is 0 Å². The van der Waals surface area contributed by atoms with Crippen molar-refractivity contribution in [2.24, 2.45) is 27.0 Å². The maximum Gasteiger partial charge on any atom is 0.229 e. The van der Waals surface area contributed by atoms with Crippen LogP contribution in [0.15, 0.2) is 46.7 Å². The molecule has 0 unspecified atom stereocenters. The Morgan fingerprint density at radius 3 is 2.44 bits per heavy atom. The Balaban J connectivity index is 1.85. The maximum absolute atomic E-state index is 14.4. The highest BCUT2D eigenvalue weighted by molar-refractivity contribution is 5.84. The fraction of sp³-hybridized carbons (Fsp3) is 0.538. The molecule has 2 fully saturated rings. The van der Waals surface area contributed by atoms with Crippen LogP contribution in [-0.4, -0.2) is 42.9 Å². The molecule has 1 saturated carbocycles. The number of allylic oxidation sites excluding steroid dienone is 2. The van der Waals surface area contributed by atoms with Gasteiger partial charge in [0.05, 0.1) is 16.7 Å². The number of carbonyl (C=O) groups is 2. The molecule has 1 aromatic rings. The molecular weight excluding hydrogens is 438 g/mol. The van der Waals surface area contributed by atoms with Crippen molar-refractivity contribution in [3.05, 3.63) is 53.6 Å². The lowest BCUT2D eigenvalue weighted by molar-refractivity contribution is -0.146. The molecule has 184 valence electrons. The third-order valence-electron chi connectivity index (χ3n) is 7.78. The Morgan fingerprint density at radius 1 is 1.21 bits per heavy atom. The first kappa shape index (κ1) is 25.7. The summed E-state index contributed by atoms with van der Waals surface area (Å²) < 4.78 is 28.9. The lowest BCUT2D eigenvalue weighted by Gasteiger charge is -2.43. The van der Waals surface area contributed by atoms with Crippen molar-refractivity contribution in [3.63, 3.8) is 0 Å². The highest BCUT2D eigenvalue weighted by Crippen LogP contribution is 2.59. The van der Waals surface area contributed by atoms with Crippen molar-refractivity contribution in [3.8, 4) is 0 Å². The molecular formula is C26H34F2N4O2. The molecule has 2 aliphatic rings. The maximum atomic E-state index is 14.4. The summed E-state index contributed by atoms with van der Waals surface area (Å²) in [7, 11) is 1.44. The number of carbonyl (C=O) groups excluding carboxylic acids is 2. The predicted molar refractivity (Wildman–Crippen MR) is 128 cm³/mol. The van der Waals surface area contributed by atoms with Crippen LogP contribution in [0.4, 0.5) is 8.78 Å². The van der Waals surface area contributed by atoms with E-state index >= 15 is 0 Å². The van der Waals surface area contributed by atoms with Gasteiger partial charge in [0.2, 0.25) is 11.8 Å². The number of azo groups is 1. The van der Waals surface area contributed by atoms with Crippen LogP contribution in [0, 0.1) is 28.4 Å². The Hall–Kier alpha value is -2.90. The van der Waals surface area contributed by atoms with Crippen molar-refractivity contribution in [2.75, 3.05) is 20.1 Å². The fourth-order valence-corrected chi connectivity index (χ4v) is 5.51. The van der Waals surface area contributed by atoms with E-state index in [4.69, 9.17) is 0 Å². The van der Waals surface area contributed by atoms with E-state index in [1.165, 1.54) is 32.2 Å². The van der Waals surface area contributed by atoms with Crippen LogP contribution in [0.25, 0.3) is 5.70 Å². The molecule has 1 aliphatic heterocycles. The van der Waals surface area contributed by atoms with E-state index in [-0.39, 0.29) is 35.0 Å². The molecule has 6 nitrogen and oxygen atoms in total. The second-order valence-corrected chi connectivity index (χ2v) is 10.1. The number of hydrogen-bond donors (Lipinski definition) is 1. The van der Waals surface area contributed by atoms with Gasteiger partial charge in [0, 0.05) is 33.1 Å². The summed E-state index contributed by atoms with van der Waals surface area (Å²) in [6.45, 7) is 12.9. The summed E-state index contributed by atoms with van der Waals surface area (Å²) >= 11 is 0. The van der Waals surface area contributed by atoms with Crippen LogP contribution >= 0.6 is 0 Å². The van der Waals surface area contributed by atoms with E-state index < -0.39 is 22.5 Å². The Morgan fingerprint density at radius 2 is 1.85 bits per heavy atom. The molecule has 0 aromatic heterocycles. The highest BCUT2D eigenvalue weighted by atomic mass is 19.1. The lowest BCUT2D eigenvalue weighted by Crippen LogP contribution is -2.49. The molecule has 0 spiro atoms. The number of amides is 2. The van der Waals surface area contributed by atoms with Gasteiger partial charge in [-0.1, -0.05) is 33.4 Å². The average molecular weight is 473 g/mol. The monoisotopic (exact) mass is 472 g/mol. The largest absolute Gasteiger partial charge is 0.352 e. The highest BCUT2D eigenvalue weighted by Gasteiger charge is 2.57. The normalized spacial score (nSPS) is 26.8. The first-order valence-electron chi connectivity index (χ1n) is 11.6. The smallest absolute Gasteiger partial charge is 0.229 e. The van der Waals surface area contributed by atoms with Gasteiger partial charge in [-0.3, -0.25) is 9.59 Å². The van der Waals surface area contributed by atoms with Gasteiger partial charge in [0.25, 0.3) is 0 Å². The summed E-state index contributed by atoms with van der Waals surface area (Å²) in [5.41, 5.74) is -0.632. The Labute approximate surface area is 200 Å². The summed E-state index contributed by atoms with van der Waals surface area (Å²) in [4.78, 5) is 26.9. The number of nitrogens with zero attached hydrogens (tertiary/aromatic N) is 3. The summed E-state index contributed by atoms with van der Waals surface area (Å²) in [6.07, 6.45) is 3.69. The minimum atomic E-state index is -0.722. The summed E-state index contributed by atoms with van der Waals surface area (Å²) in [5, 5.41) is 10.6. The Kier molecular flexibility index (Phi) is 7.38. The molecule has 0 bridgehead atoms. The fourth-order valence-electron chi connectivity index (χ4n) is 5.51. The van der Waals surface area contributed by atoms with E-state index in [9.17, 15) is 18.4 Å². The van der Waals surface area contributed by atoms with Crippen LogP contribution < -0.4 is 5.32 Å².